The molecule has 0 radical (unpaired) electrons. The summed E-state index contributed by atoms with van der Waals surface area (Å²) in [6, 6.07) is 8.22. The first-order valence-electron chi connectivity index (χ1n) is 6.28. The monoisotopic (exact) mass is 297 g/mol. The van der Waals surface area contributed by atoms with Gasteiger partial charge in [0.15, 0.2) is 11.2 Å². The van der Waals surface area contributed by atoms with Crippen molar-refractivity contribution < 1.29 is 4.74 Å². The maximum atomic E-state index is 6.06. The van der Waals surface area contributed by atoms with Crippen LogP contribution in [0.15, 0.2) is 36.0 Å². The molecule has 3 aromatic heterocycles. The number of rotatable bonds is 2. The number of nitrogens with two attached hydrogens (primary N) is 1. The Balaban J connectivity index is 2.03. The van der Waals surface area contributed by atoms with Gasteiger partial charge in [0.25, 0.3) is 0 Å². The summed E-state index contributed by atoms with van der Waals surface area (Å²) in [7, 11) is 1.55. The molecule has 0 fully saturated rings. The van der Waals surface area contributed by atoms with Crippen molar-refractivity contribution in [3.8, 4) is 11.6 Å². The first-order chi connectivity index (χ1) is 10.3. The summed E-state index contributed by atoms with van der Waals surface area (Å²) in [5.74, 6) is 0.778. The number of thiophene rings is 1. The summed E-state index contributed by atoms with van der Waals surface area (Å²) in [4.78, 5) is 12.7. The molecule has 104 valence electrons. The van der Waals surface area contributed by atoms with Gasteiger partial charge in [0.1, 0.15) is 6.33 Å². The van der Waals surface area contributed by atoms with E-state index in [1.54, 1.807) is 23.0 Å². The Hall–Kier alpha value is -2.67. The largest absolute Gasteiger partial charge is 0.479 e. The maximum absolute atomic E-state index is 6.06. The van der Waals surface area contributed by atoms with Crippen molar-refractivity contribution in [3.05, 3.63) is 36.0 Å². The van der Waals surface area contributed by atoms with Gasteiger partial charge in [0, 0.05) is 4.70 Å². The fourth-order valence-electron chi connectivity index (χ4n) is 2.39. The fourth-order valence-corrected chi connectivity index (χ4v) is 3.16. The van der Waals surface area contributed by atoms with Gasteiger partial charge in [-0.3, -0.25) is 4.57 Å². The molecule has 7 heteroatoms. The standard InChI is InChI=1S/C14H11N5OS/c1-20-13-11-12(16-7-17-13)19(14(15)18-11)9-2-3-10-8(6-9)4-5-21-10/h2-7H,1H3,(H2,15,18). The summed E-state index contributed by atoms with van der Waals surface area (Å²) >= 11 is 1.71. The highest BCUT2D eigenvalue weighted by molar-refractivity contribution is 7.17. The first kappa shape index (κ1) is 12.1. The number of hydrogen-bond donors (Lipinski definition) is 1. The number of ether oxygens (including phenoxy) is 1. The zero-order chi connectivity index (χ0) is 14.4. The highest BCUT2D eigenvalue weighted by Gasteiger charge is 2.16. The third-order valence-electron chi connectivity index (χ3n) is 3.32. The molecule has 0 unspecified atom stereocenters. The summed E-state index contributed by atoms with van der Waals surface area (Å²) in [5.41, 5.74) is 8.17. The van der Waals surface area contributed by atoms with Crippen LogP contribution in [0.1, 0.15) is 0 Å². The smallest absolute Gasteiger partial charge is 0.245 e. The highest BCUT2D eigenvalue weighted by atomic mass is 32.1. The number of anilines is 1. The second-order valence-corrected chi connectivity index (χ2v) is 5.45. The molecule has 6 nitrogen and oxygen atoms in total. The van der Waals surface area contributed by atoms with E-state index in [0.717, 1.165) is 5.69 Å². The first-order valence-corrected chi connectivity index (χ1v) is 7.16. The fraction of sp³-hybridized carbons (Fsp3) is 0.0714. The second-order valence-electron chi connectivity index (χ2n) is 4.50. The SMILES string of the molecule is COc1ncnc2c1nc(N)n2-c1ccc2sccc2c1. The number of nitrogens with zero attached hydrogens (tertiary/aromatic N) is 4. The maximum Gasteiger partial charge on any atom is 0.245 e. The highest BCUT2D eigenvalue weighted by Crippen LogP contribution is 2.29. The molecule has 0 atom stereocenters. The third kappa shape index (κ3) is 1.74. The predicted molar refractivity (Wildman–Crippen MR) is 83.0 cm³/mol. The molecule has 4 rings (SSSR count). The number of nitrogen functional groups attached to an aromatic ring is 1. The predicted octanol–water partition coefficient (Wildman–Crippen LogP) is 2.62. The van der Waals surface area contributed by atoms with E-state index in [1.165, 1.54) is 16.4 Å². The summed E-state index contributed by atoms with van der Waals surface area (Å²) in [5, 5.41) is 3.23. The van der Waals surface area contributed by atoms with Crippen LogP contribution in [0.2, 0.25) is 0 Å². The second kappa shape index (κ2) is 4.42. The van der Waals surface area contributed by atoms with Crippen molar-refractivity contribution in [3.63, 3.8) is 0 Å². The van der Waals surface area contributed by atoms with Gasteiger partial charge < -0.3 is 10.5 Å². The number of methoxy groups -OCH3 is 1. The van der Waals surface area contributed by atoms with E-state index in [-0.39, 0.29) is 0 Å². The van der Waals surface area contributed by atoms with Crippen LogP contribution in [-0.2, 0) is 0 Å². The van der Waals surface area contributed by atoms with E-state index in [0.29, 0.717) is 23.0 Å². The average molecular weight is 297 g/mol. The molecular weight excluding hydrogens is 286 g/mol. The topological polar surface area (TPSA) is 78.8 Å². The number of fused-ring (bicyclic) bond motifs is 2. The Morgan fingerprint density at radius 3 is 3.00 bits per heavy atom. The lowest BCUT2D eigenvalue weighted by Gasteiger charge is -2.06. The zero-order valence-corrected chi connectivity index (χ0v) is 12.0. The molecule has 1 aromatic carbocycles. The number of imidazole rings is 1. The van der Waals surface area contributed by atoms with Gasteiger partial charge in [0.05, 0.1) is 12.8 Å². The molecule has 0 saturated carbocycles. The van der Waals surface area contributed by atoms with Gasteiger partial charge >= 0.3 is 0 Å². The molecule has 21 heavy (non-hydrogen) atoms. The van der Waals surface area contributed by atoms with Crippen molar-refractivity contribution in [1.82, 2.24) is 19.5 Å². The van der Waals surface area contributed by atoms with Crippen LogP contribution in [-0.4, -0.2) is 26.6 Å². The van der Waals surface area contributed by atoms with E-state index in [1.807, 2.05) is 6.07 Å². The van der Waals surface area contributed by atoms with Crippen molar-refractivity contribution in [2.24, 2.45) is 0 Å². The molecule has 2 N–H and O–H groups in total. The average Bonchev–Trinajstić information content (AvgIpc) is 3.08. The van der Waals surface area contributed by atoms with Gasteiger partial charge in [-0.25, -0.2) is 9.97 Å². The molecule has 0 amide bonds. The van der Waals surface area contributed by atoms with Crippen molar-refractivity contribution in [2.45, 2.75) is 0 Å². The molecule has 0 bridgehead atoms. The van der Waals surface area contributed by atoms with Crippen LogP contribution < -0.4 is 10.5 Å². The van der Waals surface area contributed by atoms with Crippen LogP contribution in [0.3, 0.4) is 0 Å². The minimum Gasteiger partial charge on any atom is -0.479 e. The molecule has 4 aromatic rings. The van der Waals surface area contributed by atoms with Gasteiger partial charge in [0.2, 0.25) is 11.8 Å². The molecule has 0 saturated heterocycles. The zero-order valence-electron chi connectivity index (χ0n) is 11.1. The Morgan fingerprint density at radius 1 is 1.24 bits per heavy atom. The molecule has 0 spiro atoms. The third-order valence-corrected chi connectivity index (χ3v) is 4.22. The van der Waals surface area contributed by atoms with Gasteiger partial charge in [-0.2, -0.15) is 4.98 Å². The van der Waals surface area contributed by atoms with Crippen LogP contribution in [0, 0.1) is 0 Å². The van der Waals surface area contributed by atoms with E-state index in [2.05, 4.69) is 38.5 Å². The minimum atomic E-state index is 0.360. The van der Waals surface area contributed by atoms with Crippen molar-refractivity contribution >= 4 is 38.5 Å². The van der Waals surface area contributed by atoms with E-state index >= 15 is 0 Å². The number of aromatic nitrogens is 4. The van der Waals surface area contributed by atoms with E-state index in [4.69, 9.17) is 10.5 Å². The van der Waals surface area contributed by atoms with Crippen molar-refractivity contribution in [1.29, 1.82) is 0 Å². The van der Waals surface area contributed by atoms with Crippen molar-refractivity contribution in [2.75, 3.05) is 12.8 Å². The quantitative estimate of drug-likeness (QED) is 0.615. The molecule has 0 aliphatic rings. The van der Waals surface area contributed by atoms with Gasteiger partial charge in [-0.05, 0) is 35.0 Å². The van der Waals surface area contributed by atoms with E-state index < -0.39 is 0 Å². The molecule has 0 aliphatic heterocycles. The van der Waals surface area contributed by atoms with Crippen LogP contribution >= 0.6 is 11.3 Å². The lowest BCUT2D eigenvalue weighted by molar-refractivity contribution is 0.401. The normalized spacial score (nSPS) is 11.3. The van der Waals surface area contributed by atoms with Crippen LogP contribution in [0.5, 0.6) is 5.88 Å². The van der Waals surface area contributed by atoms with Crippen LogP contribution in [0.4, 0.5) is 5.95 Å². The minimum absolute atomic E-state index is 0.360. The molecule has 3 heterocycles. The van der Waals surface area contributed by atoms with E-state index in [9.17, 15) is 0 Å². The Morgan fingerprint density at radius 2 is 2.14 bits per heavy atom. The summed E-state index contributed by atoms with van der Waals surface area (Å²) in [6.45, 7) is 0. The summed E-state index contributed by atoms with van der Waals surface area (Å²) in [6.07, 6.45) is 1.45. The van der Waals surface area contributed by atoms with Gasteiger partial charge in [-0.15, -0.1) is 11.3 Å². The van der Waals surface area contributed by atoms with Gasteiger partial charge in [-0.1, -0.05) is 0 Å². The number of hydrogen-bond acceptors (Lipinski definition) is 6. The summed E-state index contributed by atoms with van der Waals surface area (Å²) < 4.78 is 8.24. The Labute approximate surface area is 123 Å². The molecular formula is C14H11N5OS. The lowest BCUT2D eigenvalue weighted by atomic mass is 10.2. The lowest BCUT2D eigenvalue weighted by Crippen LogP contribution is -2.01. The Bertz CT molecular complexity index is 958. The Kier molecular flexibility index (Phi) is 2.55. The number of benzene rings is 1. The molecule has 0 aliphatic carbocycles. The van der Waals surface area contributed by atoms with Crippen LogP contribution in [0.25, 0.3) is 26.9 Å².